The molecule has 0 spiro atoms. The summed E-state index contributed by atoms with van der Waals surface area (Å²) in [5, 5.41) is 3.01. The molecule has 0 saturated carbocycles. The number of thioether (sulfide) groups is 1. The lowest BCUT2D eigenvalue weighted by molar-refractivity contribution is -0.156. The first-order valence-corrected chi connectivity index (χ1v) is 9.44. The Morgan fingerprint density at radius 2 is 1.81 bits per heavy atom. The van der Waals surface area contributed by atoms with E-state index in [2.05, 4.69) is 5.32 Å². The molecule has 0 aromatic rings. The molecule has 2 aliphatic rings. The summed E-state index contributed by atoms with van der Waals surface area (Å²) in [5.41, 5.74) is -0.674. The number of rotatable bonds is 5. The first kappa shape index (κ1) is 16.7. The monoisotopic (exact) mass is 312 g/mol. The average Bonchev–Trinajstić information content (AvgIpc) is 2.52. The number of hydrogen-bond acceptors (Lipinski definition) is 3. The summed E-state index contributed by atoms with van der Waals surface area (Å²) >= 11 is 1.99. The number of carbonyl (C=O) groups excluding carboxylic acids is 2. The first-order valence-electron chi connectivity index (χ1n) is 8.28. The van der Waals surface area contributed by atoms with E-state index in [0.717, 1.165) is 19.4 Å². The lowest BCUT2D eigenvalue weighted by Gasteiger charge is -2.46. The molecular weight excluding hydrogens is 284 g/mol. The second kappa shape index (κ2) is 7.03. The molecule has 21 heavy (non-hydrogen) atoms. The number of amides is 2. The van der Waals surface area contributed by atoms with Crippen LogP contribution in [0.1, 0.15) is 52.9 Å². The molecule has 2 saturated heterocycles. The topological polar surface area (TPSA) is 49.4 Å². The summed E-state index contributed by atoms with van der Waals surface area (Å²) in [7, 11) is 0. The molecule has 0 aliphatic carbocycles. The van der Waals surface area contributed by atoms with Crippen LogP contribution >= 0.6 is 11.8 Å². The molecule has 0 radical (unpaired) electrons. The second-order valence-corrected chi connectivity index (χ2v) is 7.44. The number of hydrogen-bond donors (Lipinski definition) is 1. The van der Waals surface area contributed by atoms with E-state index in [4.69, 9.17) is 0 Å². The molecule has 0 bridgehead atoms. The van der Waals surface area contributed by atoms with Crippen LogP contribution in [0.4, 0.5) is 0 Å². The first-order chi connectivity index (χ1) is 10.1. The van der Waals surface area contributed by atoms with Crippen LogP contribution < -0.4 is 5.32 Å². The third kappa shape index (κ3) is 3.22. The van der Waals surface area contributed by atoms with Crippen molar-refractivity contribution >= 4 is 23.6 Å². The summed E-state index contributed by atoms with van der Waals surface area (Å²) in [5.74, 6) is 3.09. The number of carbonyl (C=O) groups is 2. The molecule has 1 N–H and O–H groups in total. The molecule has 120 valence electrons. The number of nitrogens with one attached hydrogen (secondary N) is 1. The van der Waals surface area contributed by atoms with E-state index in [9.17, 15) is 9.59 Å². The van der Waals surface area contributed by atoms with Gasteiger partial charge in [-0.15, -0.1) is 0 Å². The van der Waals surface area contributed by atoms with E-state index >= 15 is 0 Å². The van der Waals surface area contributed by atoms with E-state index in [1.165, 1.54) is 11.5 Å². The van der Waals surface area contributed by atoms with Gasteiger partial charge in [-0.3, -0.25) is 9.59 Å². The Labute approximate surface area is 132 Å². The summed E-state index contributed by atoms with van der Waals surface area (Å²) in [4.78, 5) is 27.3. The number of nitrogens with zero attached hydrogens (tertiary/aromatic N) is 1. The Morgan fingerprint density at radius 3 is 2.33 bits per heavy atom. The van der Waals surface area contributed by atoms with Crippen molar-refractivity contribution in [1.29, 1.82) is 0 Å². The van der Waals surface area contributed by atoms with Gasteiger partial charge in [0.15, 0.2) is 0 Å². The van der Waals surface area contributed by atoms with Crippen LogP contribution in [0.3, 0.4) is 0 Å². The third-order valence-electron chi connectivity index (χ3n) is 5.10. The Kier molecular flexibility index (Phi) is 5.58. The van der Waals surface area contributed by atoms with Gasteiger partial charge in [-0.25, -0.2) is 0 Å². The van der Waals surface area contributed by atoms with Gasteiger partial charge in [0.25, 0.3) is 0 Å². The van der Waals surface area contributed by atoms with E-state index in [1.54, 1.807) is 0 Å². The zero-order chi connectivity index (χ0) is 15.5. The highest BCUT2D eigenvalue weighted by molar-refractivity contribution is 7.99. The summed E-state index contributed by atoms with van der Waals surface area (Å²) in [6.07, 6.45) is 4.36. The Bertz CT molecular complexity index is 390. The highest BCUT2D eigenvalue weighted by Crippen LogP contribution is 2.30. The van der Waals surface area contributed by atoms with Gasteiger partial charge in [-0.05, 0) is 49.5 Å². The standard InChI is InChI=1S/C16H28N2O2S/c1-4-13-14(19)17-16(5-2,6-3)15(20)18(13)11-12-7-9-21-10-8-12/h12-13H,4-11H2,1-3H3,(H,17,19). The maximum Gasteiger partial charge on any atom is 0.248 e. The minimum Gasteiger partial charge on any atom is -0.340 e. The van der Waals surface area contributed by atoms with E-state index in [1.807, 2.05) is 37.4 Å². The molecule has 0 aromatic heterocycles. The van der Waals surface area contributed by atoms with Crippen molar-refractivity contribution in [2.75, 3.05) is 18.1 Å². The largest absolute Gasteiger partial charge is 0.340 e. The summed E-state index contributed by atoms with van der Waals surface area (Å²) in [6.45, 7) is 6.73. The lowest BCUT2D eigenvalue weighted by Crippen LogP contribution is -2.70. The van der Waals surface area contributed by atoms with Crippen LogP contribution in [0.5, 0.6) is 0 Å². The fraction of sp³-hybridized carbons (Fsp3) is 0.875. The predicted octanol–water partition coefficient (Wildman–Crippen LogP) is 2.43. The molecule has 1 unspecified atom stereocenters. The van der Waals surface area contributed by atoms with E-state index in [-0.39, 0.29) is 17.9 Å². The molecule has 5 heteroatoms. The van der Waals surface area contributed by atoms with Gasteiger partial charge in [0.2, 0.25) is 11.8 Å². The summed E-state index contributed by atoms with van der Waals surface area (Å²) in [6, 6.07) is -0.279. The fourth-order valence-electron chi connectivity index (χ4n) is 3.48. The Morgan fingerprint density at radius 1 is 1.19 bits per heavy atom. The molecule has 2 fully saturated rings. The van der Waals surface area contributed by atoms with Crippen LogP contribution in [-0.4, -0.2) is 46.3 Å². The number of piperazine rings is 1. The molecule has 4 nitrogen and oxygen atoms in total. The summed E-state index contributed by atoms with van der Waals surface area (Å²) < 4.78 is 0. The van der Waals surface area contributed by atoms with Crippen LogP contribution in [0, 0.1) is 5.92 Å². The molecule has 1 atom stereocenters. The molecule has 2 amide bonds. The SMILES string of the molecule is CCC1C(=O)NC(CC)(CC)C(=O)N1CC1CCSCC1. The van der Waals surface area contributed by atoms with Crippen molar-refractivity contribution in [2.24, 2.45) is 5.92 Å². The highest BCUT2D eigenvalue weighted by atomic mass is 32.2. The minimum absolute atomic E-state index is 0.0333. The third-order valence-corrected chi connectivity index (χ3v) is 6.15. The zero-order valence-electron chi connectivity index (χ0n) is 13.5. The predicted molar refractivity (Wildman–Crippen MR) is 87.3 cm³/mol. The maximum atomic E-state index is 13.0. The Hall–Kier alpha value is -0.710. The van der Waals surface area contributed by atoms with Gasteiger partial charge >= 0.3 is 0 Å². The lowest BCUT2D eigenvalue weighted by atomic mass is 9.85. The van der Waals surface area contributed by atoms with Crippen molar-refractivity contribution in [3.05, 3.63) is 0 Å². The van der Waals surface area contributed by atoms with Crippen molar-refractivity contribution in [3.63, 3.8) is 0 Å². The average molecular weight is 312 g/mol. The second-order valence-electron chi connectivity index (χ2n) is 6.22. The van der Waals surface area contributed by atoms with Crippen molar-refractivity contribution in [3.8, 4) is 0 Å². The van der Waals surface area contributed by atoms with Crippen molar-refractivity contribution < 1.29 is 9.59 Å². The van der Waals surface area contributed by atoms with Gasteiger partial charge in [-0.2, -0.15) is 11.8 Å². The fourth-order valence-corrected chi connectivity index (χ4v) is 4.69. The van der Waals surface area contributed by atoms with Crippen molar-refractivity contribution in [2.45, 2.75) is 64.5 Å². The van der Waals surface area contributed by atoms with Crippen LogP contribution in [0.25, 0.3) is 0 Å². The zero-order valence-corrected chi connectivity index (χ0v) is 14.3. The molecule has 2 rings (SSSR count). The minimum atomic E-state index is -0.674. The van der Waals surface area contributed by atoms with E-state index < -0.39 is 5.54 Å². The van der Waals surface area contributed by atoms with Crippen molar-refractivity contribution in [1.82, 2.24) is 10.2 Å². The van der Waals surface area contributed by atoms with E-state index in [0.29, 0.717) is 25.2 Å². The van der Waals surface area contributed by atoms with Crippen LogP contribution in [-0.2, 0) is 9.59 Å². The quantitative estimate of drug-likeness (QED) is 0.848. The normalized spacial score (nSPS) is 26.8. The maximum absolute atomic E-state index is 13.0. The van der Waals surface area contributed by atoms with Gasteiger partial charge in [0.1, 0.15) is 11.6 Å². The Balaban J connectivity index is 2.19. The molecule has 2 heterocycles. The van der Waals surface area contributed by atoms with Gasteiger partial charge in [-0.1, -0.05) is 20.8 Å². The highest BCUT2D eigenvalue weighted by Gasteiger charge is 2.48. The molecular formula is C16H28N2O2S. The molecule has 2 aliphatic heterocycles. The van der Waals surface area contributed by atoms with Crippen LogP contribution in [0.2, 0.25) is 0 Å². The molecule has 0 aromatic carbocycles. The van der Waals surface area contributed by atoms with Gasteiger partial charge in [0.05, 0.1) is 0 Å². The van der Waals surface area contributed by atoms with Crippen LogP contribution in [0.15, 0.2) is 0 Å². The smallest absolute Gasteiger partial charge is 0.248 e. The van der Waals surface area contributed by atoms with Gasteiger partial charge < -0.3 is 10.2 Å². The van der Waals surface area contributed by atoms with Gasteiger partial charge in [0, 0.05) is 6.54 Å².